The molecule has 1 heterocycles. The first-order chi connectivity index (χ1) is 11.0. The van der Waals surface area contributed by atoms with Gasteiger partial charge in [-0.1, -0.05) is 19.3 Å². The molecule has 0 aromatic heterocycles. The van der Waals surface area contributed by atoms with E-state index in [4.69, 9.17) is 4.74 Å². The highest BCUT2D eigenvalue weighted by atomic mass is 16.5. The van der Waals surface area contributed by atoms with Crippen molar-refractivity contribution in [1.29, 1.82) is 0 Å². The van der Waals surface area contributed by atoms with Crippen molar-refractivity contribution in [2.24, 2.45) is 0 Å². The Kier molecular flexibility index (Phi) is 6.84. The highest BCUT2D eigenvalue weighted by Gasteiger charge is 2.31. The lowest BCUT2D eigenvalue weighted by atomic mass is 9.94. The third-order valence-corrected chi connectivity index (χ3v) is 5.31. The smallest absolute Gasteiger partial charge is 0.248 e. The zero-order chi connectivity index (χ0) is 16.8. The van der Waals surface area contributed by atoms with Crippen LogP contribution >= 0.6 is 0 Å². The van der Waals surface area contributed by atoms with E-state index in [0.29, 0.717) is 19.1 Å². The number of carbonyl (C=O) groups is 2. The summed E-state index contributed by atoms with van der Waals surface area (Å²) in [7, 11) is 3.49. The standard InChI is InChI=1S/C17H31N3O3/c1-14(17(22)18(2)15-7-5-4-6-8-15)19-9-11-20(12-10-19)16(21)13-23-3/h14-15H,4-13H2,1-3H3. The van der Waals surface area contributed by atoms with Gasteiger partial charge in [0, 0.05) is 46.4 Å². The van der Waals surface area contributed by atoms with E-state index < -0.39 is 0 Å². The van der Waals surface area contributed by atoms with Crippen LogP contribution in [0.25, 0.3) is 0 Å². The second-order valence-electron chi connectivity index (χ2n) is 6.77. The van der Waals surface area contributed by atoms with Crippen LogP contribution in [0.15, 0.2) is 0 Å². The molecule has 0 N–H and O–H groups in total. The summed E-state index contributed by atoms with van der Waals surface area (Å²) in [6.07, 6.45) is 6.03. The van der Waals surface area contributed by atoms with Crippen LogP contribution in [0.1, 0.15) is 39.0 Å². The Labute approximate surface area is 139 Å². The van der Waals surface area contributed by atoms with E-state index in [1.54, 1.807) is 0 Å². The number of amides is 2. The minimum absolute atomic E-state index is 0.0328. The number of ether oxygens (including phenoxy) is 1. The van der Waals surface area contributed by atoms with Crippen molar-refractivity contribution in [1.82, 2.24) is 14.7 Å². The van der Waals surface area contributed by atoms with Crippen LogP contribution in [0.4, 0.5) is 0 Å². The molecule has 2 fully saturated rings. The maximum atomic E-state index is 12.7. The van der Waals surface area contributed by atoms with Gasteiger partial charge in [0.15, 0.2) is 0 Å². The average molecular weight is 325 g/mol. The molecule has 6 nitrogen and oxygen atoms in total. The summed E-state index contributed by atoms with van der Waals surface area (Å²) in [5, 5.41) is 0. The maximum absolute atomic E-state index is 12.7. The molecule has 2 aliphatic rings. The maximum Gasteiger partial charge on any atom is 0.248 e. The van der Waals surface area contributed by atoms with Crippen molar-refractivity contribution in [2.75, 3.05) is 46.9 Å². The zero-order valence-electron chi connectivity index (χ0n) is 14.8. The van der Waals surface area contributed by atoms with E-state index in [-0.39, 0.29) is 24.5 Å². The average Bonchev–Trinajstić information content (AvgIpc) is 2.61. The zero-order valence-corrected chi connectivity index (χ0v) is 14.8. The molecule has 23 heavy (non-hydrogen) atoms. The lowest BCUT2D eigenvalue weighted by Gasteiger charge is -2.40. The van der Waals surface area contributed by atoms with Crippen molar-refractivity contribution in [3.8, 4) is 0 Å². The number of likely N-dealkylation sites (N-methyl/N-ethyl adjacent to an activating group) is 1. The van der Waals surface area contributed by atoms with E-state index in [9.17, 15) is 9.59 Å². The van der Waals surface area contributed by atoms with Crippen molar-refractivity contribution in [3.63, 3.8) is 0 Å². The number of hydrogen-bond donors (Lipinski definition) is 0. The molecule has 132 valence electrons. The van der Waals surface area contributed by atoms with Crippen molar-refractivity contribution < 1.29 is 14.3 Å². The van der Waals surface area contributed by atoms with Gasteiger partial charge < -0.3 is 14.5 Å². The van der Waals surface area contributed by atoms with Crippen molar-refractivity contribution in [3.05, 3.63) is 0 Å². The van der Waals surface area contributed by atoms with Crippen LogP contribution in [-0.2, 0) is 14.3 Å². The first-order valence-corrected chi connectivity index (χ1v) is 8.82. The fraction of sp³-hybridized carbons (Fsp3) is 0.882. The van der Waals surface area contributed by atoms with E-state index in [1.807, 2.05) is 23.8 Å². The Morgan fingerprint density at radius 2 is 1.74 bits per heavy atom. The Morgan fingerprint density at radius 1 is 1.13 bits per heavy atom. The number of rotatable bonds is 5. The van der Waals surface area contributed by atoms with Crippen LogP contribution in [0.5, 0.6) is 0 Å². The van der Waals surface area contributed by atoms with Crippen molar-refractivity contribution in [2.45, 2.75) is 51.1 Å². The van der Waals surface area contributed by atoms with Crippen molar-refractivity contribution >= 4 is 11.8 Å². The summed E-state index contributed by atoms with van der Waals surface area (Å²) in [5.41, 5.74) is 0. The largest absolute Gasteiger partial charge is 0.375 e. The van der Waals surface area contributed by atoms with Gasteiger partial charge in [0.25, 0.3) is 0 Å². The fourth-order valence-electron chi connectivity index (χ4n) is 3.67. The molecule has 0 spiro atoms. The van der Waals surface area contributed by atoms with Gasteiger partial charge >= 0.3 is 0 Å². The number of nitrogens with zero attached hydrogens (tertiary/aromatic N) is 3. The predicted octanol–water partition coefficient (Wildman–Crippen LogP) is 0.957. The van der Waals surface area contributed by atoms with Crippen LogP contribution in [0.2, 0.25) is 0 Å². The van der Waals surface area contributed by atoms with Gasteiger partial charge in [-0.2, -0.15) is 0 Å². The Hall–Kier alpha value is -1.14. The minimum Gasteiger partial charge on any atom is -0.375 e. The van der Waals surface area contributed by atoms with E-state index in [0.717, 1.165) is 25.9 Å². The van der Waals surface area contributed by atoms with E-state index in [2.05, 4.69) is 4.90 Å². The highest BCUT2D eigenvalue weighted by molar-refractivity contribution is 5.81. The summed E-state index contributed by atoms with van der Waals surface area (Å²) in [5.74, 6) is 0.249. The molecule has 1 saturated carbocycles. The molecule has 0 bridgehead atoms. The van der Waals surface area contributed by atoms with Gasteiger partial charge in [0.2, 0.25) is 11.8 Å². The third-order valence-electron chi connectivity index (χ3n) is 5.31. The molecule has 1 aliphatic carbocycles. The molecule has 0 aromatic carbocycles. The number of piperazine rings is 1. The molecular formula is C17H31N3O3. The topological polar surface area (TPSA) is 53.1 Å². The second-order valence-corrected chi connectivity index (χ2v) is 6.77. The highest BCUT2D eigenvalue weighted by Crippen LogP contribution is 2.22. The second kappa shape index (κ2) is 8.64. The normalized spacial score (nSPS) is 22.0. The van der Waals surface area contributed by atoms with Gasteiger partial charge in [-0.25, -0.2) is 0 Å². The molecule has 0 aromatic rings. The molecule has 6 heteroatoms. The third kappa shape index (κ3) is 4.67. The van der Waals surface area contributed by atoms with Crippen LogP contribution in [0.3, 0.4) is 0 Å². The summed E-state index contributed by atoms with van der Waals surface area (Å²) in [6.45, 7) is 4.98. The van der Waals surface area contributed by atoms with E-state index in [1.165, 1.54) is 26.4 Å². The summed E-state index contributed by atoms with van der Waals surface area (Å²) >= 11 is 0. The molecule has 1 aliphatic heterocycles. The summed E-state index contributed by atoms with van der Waals surface area (Å²) < 4.78 is 4.90. The van der Waals surface area contributed by atoms with Gasteiger partial charge in [-0.05, 0) is 19.8 Å². The molecule has 1 saturated heterocycles. The number of methoxy groups -OCH3 is 1. The van der Waals surface area contributed by atoms with Gasteiger partial charge in [0.05, 0.1) is 6.04 Å². The first-order valence-electron chi connectivity index (χ1n) is 8.82. The summed E-state index contributed by atoms with van der Waals surface area (Å²) in [6, 6.07) is 0.296. The monoisotopic (exact) mass is 325 g/mol. The predicted molar refractivity (Wildman–Crippen MR) is 89.1 cm³/mol. The first kappa shape index (κ1) is 18.2. The Morgan fingerprint density at radius 3 is 2.30 bits per heavy atom. The SMILES string of the molecule is COCC(=O)N1CCN(C(C)C(=O)N(C)C2CCCCC2)CC1. The molecule has 1 unspecified atom stereocenters. The van der Waals surface area contributed by atoms with Gasteiger partial charge in [-0.15, -0.1) is 0 Å². The number of carbonyl (C=O) groups excluding carboxylic acids is 2. The quantitative estimate of drug-likeness (QED) is 0.755. The van der Waals surface area contributed by atoms with Gasteiger partial charge in [-0.3, -0.25) is 14.5 Å². The molecule has 2 rings (SSSR count). The Balaban J connectivity index is 1.82. The molecular weight excluding hydrogens is 294 g/mol. The number of hydrogen-bond acceptors (Lipinski definition) is 4. The fourth-order valence-corrected chi connectivity index (χ4v) is 3.67. The van der Waals surface area contributed by atoms with Crippen LogP contribution in [-0.4, -0.2) is 85.5 Å². The summed E-state index contributed by atoms with van der Waals surface area (Å²) in [4.78, 5) is 30.6. The molecule has 2 amide bonds. The lowest BCUT2D eigenvalue weighted by molar-refractivity contribution is -0.141. The van der Waals surface area contributed by atoms with E-state index >= 15 is 0 Å². The Bertz CT molecular complexity index is 402. The molecule has 1 atom stereocenters. The minimum atomic E-state index is -0.110. The van der Waals surface area contributed by atoms with Crippen LogP contribution < -0.4 is 0 Å². The lowest BCUT2D eigenvalue weighted by Crippen LogP contribution is -2.56. The molecule has 0 radical (unpaired) electrons. The van der Waals surface area contributed by atoms with Gasteiger partial charge in [0.1, 0.15) is 6.61 Å². The van der Waals surface area contributed by atoms with Crippen LogP contribution in [0, 0.1) is 0 Å².